The molecule has 2 heterocycles. The minimum absolute atomic E-state index is 0.0337. The third-order valence-electron chi connectivity index (χ3n) is 4.45. The Hall–Kier alpha value is -2.05. The van der Waals surface area contributed by atoms with E-state index in [1.54, 1.807) is 0 Å². The van der Waals surface area contributed by atoms with E-state index in [4.69, 9.17) is 0 Å². The van der Waals surface area contributed by atoms with E-state index in [0.29, 0.717) is 24.7 Å². The monoisotopic (exact) mass is 333 g/mol. The van der Waals surface area contributed by atoms with Gasteiger partial charge in [-0.05, 0) is 52.5 Å². The molecule has 0 radical (unpaired) electrons. The summed E-state index contributed by atoms with van der Waals surface area (Å²) >= 11 is 0. The van der Waals surface area contributed by atoms with Gasteiger partial charge in [0.15, 0.2) is 0 Å². The van der Waals surface area contributed by atoms with E-state index < -0.39 is 0 Å². The van der Waals surface area contributed by atoms with Crippen LogP contribution in [-0.2, 0) is 0 Å². The number of rotatable bonds is 3. The lowest BCUT2D eigenvalue weighted by molar-refractivity contribution is 0.0912. The van der Waals surface area contributed by atoms with Crippen molar-refractivity contribution in [3.8, 4) is 0 Å². The van der Waals surface area contributed by atoms with Crippen LogP contribution in [-0.4, -0.2) is 51.7 Å². The normalized spacial score (nSPS) is 19.2. The fourth-order valence-corrected chi connectivity index (χ4v) is 2.94. The number of carbonyl (C=O) groups is 2. The Morgan fingerprint density at radius 1 is 1.21 bits per heavy atom. The molecule has 1 aromatic rings. The average molecular weight is 333 g/mol. The van der Waals surface area contributed by atoms with Gasteiger partial charge in [-0.15, -0.1) is 0 Å². The van der Waals surface area contributed by atoms with E-state index in [-0.39, 0.29) is 23.5 Å². The van der Waals surface area contributed by atoms with Crippen LogP contribution in [0.3, 0.4) is 0 Å². The molecule has 0 atom stereocenters. The van der Waals surface area contributed by atoms with Crippen LogP contribution < -0.4 is 10.6 Å². The number of likely N-dealkylation sites (tertiary alicyclic amines) is 1. The van der Waals surface area contributed by atoms with Crippen LogP contribution in [0.15, 0.2) is 6.07 Å². The largest absolute Gasteiger partial charge is 0.348 e. The molecule has 1 saturated heterocycles. The maximum Gasteiger partial charge on any atom is 0.317 e. The van der Waals surface area contributed by atoms with Crippen molar-refractivity contribution in [2.24, 2.45) is 0 Å². The Morgan fingerprint density at radius 2 is 1.88 bits per heavy atom. The molecule has 2 aliphatic rings. The molecule has 24 heavy (non-hydrogen) atoms. The molecular formula is C17H27N5O2. The third kappa shape index (κ3) is 4.27. The van der Waals surface area contributed by atoms with E-state index in [2.05, 4.69) is 20.8 Å². The molecule has 7 heteroatoms. The highest BCUT2D eigenvalue weighted by Crippen LogP contribution is 2.38. The van der Waals surface area contributed by atoms with Gasteiger partial charge in [-0.25, -0.2) is 4.79 Å². The summed E-state index contributed by atoms with van der Waals surface area (Å²) in [5.74, 6) is 0.430. The molecule has 0 unspecified atom stereocenters. The first-order valence-corrected chi connectivity index (χ1v) is 8.75. The topological polar surface area (TPSA) is 90.1 Å². The highest BCUT2D eigenvalue weighted by molar-refractivity contribution is 5.92. The minimum Gasteiger partial charge on any atom is -0.348 e. The van der Waals surface area contributed by atoms with Crippen molar-refractivity contribution in [3.05, 3.63) is 17.5 Å². The van der Waals surface area contributed by atoms with Gasteiger partial charge < -0.3 is 15.5 Å². The van der Waals surface area contributed by atoms with Gasteiger partial charge in [0.05, 0.1) is 0 Å². The maximum absolute atomic E-state index is 12.3. The molecule has 0 aromatic carbocycles. The Balaban J connectivity index is 1.46. The van der Waals surface area contributed by atoms with Gasteiger partial charge in [0, 0.05) is 36.3 Å². The van der Waals surface area contributed by atoms with Crippen molar-refractivity contribution >= 4 is 11.9 Å². The number of nitrogens with zero attached hydrogens (tertiary/aromatic N) is 2. The van der Waals surface area contributed by atoms with Crippen LogP contribution in [0, 0.1) is 0 Å². The van der Waals surface area contributed by atoms with Gasteiger partial charge in [0.2, 0.25) is 0 Å². The van der Waals surface area contributed by atoms with Crippen molar-refractivity contribution in [3.63, 3.8) is 0 Å². The molecule has 3 amide bonds. The summed E-state index contributed by atoms with van der Waals surface area (Å²) < 4.78 is 0. The number of H-pyrrole nitrogens is 1. The number of urea groups is 1. The van der Waals surface area contributed by atoms with Gasteiger partial charge in [0.1, 0.15) is 5.69 Å². The molecule has 1 aliphatic carbocycles. The van der Waals surface area contributed by atoms with Crippen molar-refractivity contribution in [1.82, 2.24) is 25.7 Å². The van der Waals surface area contributed by atoms with Gasteiger partial charge in [0.25, 0.3) is 5.91 Å². The summed E-state index contributed by atoms with van der Waals surface area (Å²) in [7, 11) is 0. The standard InChI is InChI=1S/C17H27N5O2/c1-17(2,3)19-16(24)22-8-6-12(7-9-22)18-15(23)14-10-13(20-21-14)11-4-5-11/h10-12H,4-9H2,1-3H3,(H,18,23)(H,19,24)(H,20,21). The zero-order valence-corrected chi connectivity index (χ0v) is 14.7. The number of hydrogen-bond acceptors (Lipinski definition) is 3. The first-order valence-electron chi connectivity index (χ1n) is 8.75. The first kappa shape index (κ1) is 16.8. The molecule has 1 aliphatic heterocycles. The molecule has 3 N–H and O–H groups in total. The van der Waals surface area contributed by atoms with E-state index >= 15 is 0 Å². The van der Waals surface area contributed by atoms with Crippen LogP contribution in [0.4, 0.5) is 4.79 Å². The quantitative estimate of drug-likeness (QED) is 0.790. The second kappa shape index (κ2) is 6.45. The fourth-order valence-electron chi connectivity index (χ4n) is 2.94. The zero-order chi connectivity index (χ0) is 17.3. The molecular weight excluding hydrogens is 306 g/mol. The highest BCUT2D eigenvalue weighted by Gasteiger charge is 2.28. The number of hydrogen-bond donors (Lipinski definition) is 3. The summed E-state index contributed by atoms with van der Waals surface area (Å²) in [6, 6.07) is 1.92. The molecule has 2 fully saturated rings. The van der Waals surface area contributed by atoms with Crippen LogP contribution in [0.25, 0.3) is 0 Å². The van der Waals surface area contributed by atoms with Gasteiger partial charge in [-0.1, -0.05) is 0 Å². The second-order valence-electron chi connectivity index (χ2n) is 7.90. The number of aromatic amines is 1. The predicted molar refractivity (Wildman–Crippen MR) is 90.9 cm³/mol. The average Bonchev–Trinajstić information content (AvgIpc) is 3.23. The molecule has 1 saturated carbocycles. The lowest BCUT2D eigenvalue weighted by Crippen LogP contribution is -2.53. The lowest BCUT2D eigenvalue weighted by Gasteiger charge is -2.34. The van der Waals surface area contributed by atoms with Crippen molar-refractivity contribution in [2.75, 3.05) is 13.1 Å². The third-order valence-corrected chi connectivity index (χ3v) is 4.45. The van der Waals surface area contributed by atoms with Crippen LogP contribution in [0.1, 0.15) is 68.6 Å². The fraction of sp³-hybridized carbons (Fsp3) is 0.706. The molecule has 1 aromatic heterocycles. The number of aromatic nitrogens is 2. The number of nitrogens with one attached hydrogen (secondary N) is 3. The summed E-state index contributed by atoms with van der Waals surface area (Å²) in [6.07, 6.45) is 3.89. The molecule has 0 bridgehead atoms. The summed E-state index contributed by atoms with van der Waals surface area (Å²) in [6.45, 7) is 7.22. The smallest absolute Gasteiger partial charge is 0.317 e. The highest BCUT2D eigenvalue weighted by atomic mass is 16.2. The molecule has 3 rings (SSSR count). The van der Waals surface area contributed by atoms with Gasteiger partial charge >= 0.3 is 6.03 Å². The Labute approximate surface area is 142 Å². The SMILES string of the molecule is CC(C)(C)NC(=O)N1CCC(NC(=O)c2cc(C3CC3)[nH]n2)CC1. The van der Waals surface area contributed by atoms with E-state index in [1.165, 1.54) is 12.8 Å². The number of carbonyl (C=O) groups excluding carboxylic acids is 2. The summed E-state index contributed by atoms with van der Waals surface area (Å²) in [4.78, 5) is 26.2. The molecule has 0 spiro atoms. The molecule has 7 nitrogen and oxygen atoms in total. The molecule has 132 valence electrons. The summed E-state index contributed by atoms with van der Waals surface area (Å²) in [5, 5.41) is 13.1. The zero-order valence-electron chi connectivity index (χ0n) is 14.7. The lowest BCUT2D eigenvalue weighted by atomic mass is 10.0. The summed E-state index contributed by atoms with van der Waals surface area (Å²) in [5.41, 5.74) is 1.29. The maximum atomic E-state index is 12.3. The number of amides is 3. The minimum atomic E-state index is -0.235. The van der Waals surface area contributed by atoms with Crippen LogP contribution in [0.2, 0.25) is 0 Å². The van der Waals surface area contributed by atoms with Crippen molar-refractivity contribution < 1.29 is 9.59 Å². The first-order chi connectivity index (χ1) is 11.3. The van der Waals surface area contributed by atoms with Gasteiger partial charge in [-0.3, -0.25) is 9.89 Å². The Morgan fingerprint density at radius 3 is 2.46 bits per heavy atom. The Kier molecular flexibility index (Phi) is 4.51. The van der Waals surface area contributed by atoms with E-state index in [1.807, 2.05) is 31.7 Å². The second-order valence-corrected chi connectivity index (χ2v) is 7.90. The van der Waals surface area contributed by atoms with Crippen molar-refractivity contribution in [1.29, 1.82) is 0 Å². The van der Waals surface area contributed by atoms with Crippen molar-refractivity contribution in [2.45, 2.75) is 64.0 Å². The predicted octanol–water partition coefficient (Wildman–Crippen LogP) is 1.99. The Bertz CT molecular complexity index is 607. The van der Waals surface area contributed by atoms with Gasteiger partial charge in [-0.2, -0.15) is 5.10 Å². The van der Waals surface area contributed by atoms with E-state index in [0.717, 1.165) is 18.5 Å². The van der Waals surface area contributed by atoms with Crippen LogP contribution in [0.5, 0.6) is 0 Å². The van der Waals surface area contributed by atoms with Crippen LogP contribution >= 0.6 is 0 Å². The van der Waals surface area contributed by atoms with E-state index in [9.17, 15) is 9.59 Å². The number of piperidine rings is 1.